The highest BCUT2D eigenvalue weighted by Crippen LogP contribution is 2.26. The highest BCUT2D eigenvalue weighted by molar-refractivity contribution is 5.76. The Morgan fingerprint density at radius 3 is 2.89 bits per heavy atom. The Morgan fingerprint density at radius 2 is 2.19 bits per heavy atom. The van der Waals surface area contributed by atoms with Gasteiger partial charge in [0.25, 0.3) is 5.69 Å². The van der Waals surface area contributed by atoms with Gasteiger partial charge in [-0.3, -0.25) is 10.1 Å². The van der Waals surface area contributed by atoms with Gasteiger partial charge in [-0.05, 0) is 46.1 Å². The largest absolute Gasteiger partial charge is 0.448 e. The Morgan fingerprint density at radius 1 is 1.41 bits per heavy atom. The van der Waals surface area contributed by atoms with Crippen molar-refractivity contribution < 1.29 is 23.6 Å². The van der Waals surface area contributed by atoms with E-state index in [1.165, 1.54) is 18.2 Å². The normalized spacial score (nSPS) is 17.7. The lowest BCUT2D eigenvalue weighted by Crippen LogP contribution is -2.48. The molecule has 0 N–H and O–H groups in total. The number of fused-ring (bicyclic) bond motifs is 1. The van der Waals surface area contributed by atoms with Crippen molar-refractivity contribution in [1.82, 2.24) is 9.88 Å². The zero-order valence-corrected chi connectivity index (χ0v) is 15.6. The van der Waals surface area contributed by atoms with Gasteiger partial charge in [-0.1, -0.05) is 0 Å². The molecule has 1 aliphatic heterocycles. The lowest BCUT2D eigenvalue weighted by molar-refractivity contribution is -0.384. The quantitative estimate of drug-likeness (QED) is 0.587. The molecule has 0 aliphatic carbocycles. The Kier molecular flexibility index (Phi) is 5.20. The molecule has 1 aromatic heterocycles. The van der Waals surface area contributed by atoms with Crippen molar-refractivity contribution in [2.24, 2.45) is 0 Å². The molecule has 0 saturated carbocycles. The van der Waals surface area contributed by atoms with Crippen LogP contribution < -0.4 is 4.74 Å². The molecule has 9 nitrogen and oxygen atoms in total. The number of piperidine rings is 1. The molecule has 0 radical (unpaired) electrons. The maximum atomic E-state index is 12.4. The maximum Gasteiger partial charge on any atom is 0.410 e. The number of benzene rings is 1. The molecule has 1 aromatic carbocycles. The number of amides is 1. The number of nitro benzene ring substituents is 1. The lowest BCUT2D eigenvalue weighted by Gasteiger charge is -2.36. The minimum atomic E-state index is -0.561. The van der Waals surface area contributed by atoms with E-state index < -0.39 is 10.5 Å². The molecule has 1 amide bonds. The predicted molar refractivity (Wildman–Crippen MR) is 96.7 cm³/mol. The van der Waals surface area contributed by atoms with Crippen LogP contribution in [0.15, 0.2) is 22.6 Å². The fourth-order valence-corrected chi connectivity index (χ4v) is 2.97. The third-order valence-corrected chi connectivity index (χ3v) is 4.22. The van der Waals surface area contributed by atoms with Crippen molar-refractivity contribution in [3.63, 3.8) is 0 Å². The van der Waals surface area contributed by atoms with Gasteiger partial charge in [-0.25, -0.2) is 4.79 Å². The summed E-state index contributed by atoms with van der Waals surface area (Å²) >= 11 is 0. The SMILES string of the molecule is CC(C)(C)OC(=O)N1CCCCC1COc1nc2cc([N+](=O)[O-])ccc2o1. The van der Waals surface area contributed by atoms with Crippen molar-refractivity contribution >= 4 is 22.9 Å². The molecule has 0 bridgehead atoms. The summed E-state index contributed by atoms with van der Waals surface area (Å²) in [4.78, 5) is 28.6. The van der Waals surface area contributed by atoms with Gasteiger partial charge in [0.2, 0.25) is 0 Å². The second-order valence-corrected chi connectivity index (χ2v) is 7.52. The highest BCUT2D eigenvalue weighted by atomic mass is 16.6. The molecule has 27 heavy (non-hydrogen) atoms. The molecule has 1 aliphatic rings. The number of likely N-dealkylation sites (tertiary alicyclic amines) is 1. The summed E-state index contributed by atoms with van der Waals surface area (Å²) in [6, 6.07) is 4.03. The van der Waals surface area contributed by atoms with Gasteiger partial charge in [-0.15, -0.1) is 0 Å². The van der Waals surface area contributed by atoms with E-state index in [0.717, 1.165) is 19.3 Å². The van der Waals surface area contributed by atoms with E-state index in [2.05, 4.69) is 4.98 Å². The molecule has 1 unspecified atom stereocenters. The van der Waals surface area contributed by atoms with Gasteiger partial charge in [0.15, 0.2) is 5.58 Å². The number of carbonyl (C=O) groups is 1. The first-order valence-corrected chi connectivity index (χ1v) is 8.90. The van der Waals surface area contributed by atoms with Gasteiger partial charge in [0, 0.05) is 18.7 Å². The van der Waals surface area contributed by atoms with Crippen LogP contribution >= 0.6 is 0 Å². The summed E-state index contributed by atoms with van der Waals surface area (Å²) in [6.07, 6.45) is 2.38. The Hall–Kier alpha value is -2.84. The van der Waals surface area contributed by atoms with Crippen molar-refractivity contribution in [2.75, 3.05) is 13.2 Å². The highest BCUT2D eigenvalue weighted by Gasteiger charge is 2.31. The first kappa shape index (κ1) is 18.9. The van der Waals surface area contributed by atoms with Crippen LogP contribution in [0.3, 0.4) is 0 Å². The maximum absolute atomic E-state index is 12.4. The van der Waals surface area contributed by atoms with Crippen molar-refractivity contribution in [1.29, 1.82) is 0 Å². The van der Waals surface area contributed by atoms with Crippen molar-refractivity contribution in [2.45, 2.75) is 51.7 Å². The van der Waals surface area contributed by atoms with Crippen molar-refractivity contribution in [3.05, 3.63) is 28.3 Å². The number of hydrogen-bond acceptors (Lipinski definition) is 7. The zero-order valence-electron chi connectivity index (χ0n) is 15.6. The molecule has 1 saturated heterocycles. The van der Waals surface area contributed by atoms with E-state index >= 15 is 0 Å². The number of carbonyl (C=O) groups excluding carboxylic acids is 1. The van der Waals surface area contributed by atoms with Gasteiger partial charge in [-0.2, -0.15) is 4.98 Å². The number of aromatic nitrogens is 1. The fraction of sp³-hybridized carbons (Fsp3) is 0.556. The summed E-state index contributed by atoms with van der Waals surface area (Å²) in [5.41, 5.74) is 0.135. The van der Waals surface area contributed by atoms with Gasteiger partial charge in [0.05, 0.1) is 11.0 Å². The average Bonchev–Trinajstić information content (AvgIpc) is 3.00. The van der Waals surface area contributed by atoms with E-state index in [1.54, 1.807) is 4.90 Å². The number of ether oxygens (including phenoxy) is 2. The van der Waals surface area contributed by atoms with Gasteiger partial charge < -0.3 is 18.8 Å². The third-order valence-electron chi connectivity index (χ3n) is 4.22. The van der Waals surface area contributed by atoms with E-state index in [-0.39, 0.29) is 30.5 Å². The third kappa shape index (κ3) is 4.66. The molecule has 3 rings (SSSR count). The van der Waals surface area contributed by atoms with Gasteiger partial charge in [0.1, 0.15) is 17.7 Å². The van der Waals surface area contributed by atoms with Crippen LogP contribution in [-0.4, -0.2) is 45.7 Å². The predicted octanol–water partition coefficient (Wildman–Crippen LogP) is 3.90. The number of nitro groups is 1. The minimum Gasteiger partial charge on any atom is -0.448 e. The van der Waals surface area contributed by atoms with Crippen LogP contribution in [-0.2, 0) is 4.74 Å². The molecular formula is C18H23N3O6. The summed E-state index contributed by atoms with van der Waals surface area (Å²) in [5.74, 6) is 0. The number of nitrogens with zero attached hydrogens (tertiary/aromatic N) is 3. The molecule has 1 fully saturated rings. The summed E-state index contributed by atoms with van der Waals surface area (Å²) in [6.45, 7) is 6.32. The first-order chi connectivity index (χ1) is 12.7. The molecule has 1 atom stereocenters. The monoisotopic (exact) mass is 377 g/mol. The Labute approximate surface area is 156 Å². The lowest BCUT2D eigenvalue weighted by atomic mass is 10.0. The zero-order chi connectivity index (χ0) is 19.6. The number of hydrogen-bond donors (Lipinski definition) is 0. The topological polar surface area (TPSA) is 108 Å². The minimum absolute atomic E-state index is 0.0280. The van der Waals surface area contributed by atoms with E-state index in [4.69, 9.17) is 13.9 Å². The molecule has 2 heterocycles. The van der Waals surface area contributed by atoms with Crippen LogP contribution in [0.1, 0.15) is 40.0 Å². The average molecular weight is 377 g/mol. The summed E-state index contributed by atoms with van der Waals surface area (Å²) in [7, 11) is 0. The number of rotatable bonds is 4. The smallest absolute Gasteiger partial charge is 0.410 e. The van der Waals surface area contributed by atoms with Gasteiger partial charge >= 0.3 is 12.2 Å². The second-order valence-electron chi connectivity index (χ2n) is 7.52. The summed E-state index contributed by atoms with van der Waals surface area (Å²) in [5, 5.41) is 10.8. The van der Waals surface area contributed by atoms with Crippen LogP contribution in [0.5, 0.6) is 6.08 Å². The van der Waals surface area contributed by atoms with E-state index in [1.807, 2.05) is 20.8 Å². The fourth-order valence-electron chi connectivity index (χ4n) is 2.97. The van der Waals surface area contributed by atoms with Crippen LogP contribution in [0.25, 0.3) is 11.1 Å². The Balaban J connectivity index is 1.67. The standard InChI is InChI=1S/C18H23N3O6/c1-18(2,3)27-17(22)20-9-5-4-6-13(20)11-25-16-19-14-10-12(21(23)24)7-8-15(14)26-16/h7-8,10,13H,4-6,9,11H2,1-3H3. The van der Waals surface area contributed by atoms with E-state index in [0.29, 0.717) is 17.6 Å². The number of oxazole rings is 1. The molecular weight excluding hydrogens is 354 g/mol. The Bertz CT molecular complexity index is 841. The molecule has 2 aromatic rings. The molecule has 0 spiro atoms. The summed E-state index contributed by atoms with van der Waals surface area (Å²) < 4.78 is 16.6. The molecule has 146 valence electrons. The van der Waals surface area contributed by atoms with E-state index in [9.17, 15) is 14.9 Å². The van der Waals surface area contributed by atoms with Crippen LogP contribution in [0.4, 0.5) is 10.5 Å². The van der Waals surface area contributed by atoms with Crippen LogP contribution in [0.2, 0.25) is 0 Å². The number of non-ortho nitro benzene ring substituents is 1. The van der Waals surface area contributed by atoms with Crippen LogP contribution in [0, 0.1) is 10.1 Å². The first-order valence-electron chi connectivity index (χ1n) is 8.90. The molecule has 9 heteroatoms. The second kappa shape index (κ2) is 7.42. The van der Waals surface area contributed by atoms with Crippen molar-refractivity contribution in [3.8, 4) is 6.08 Å².